The zero-order chi connectivity index (χ0) is 14.2. The standard InChI is InChI=1S/C16H15N3O/c17-11-10-13-6-8-15(9-7-13)16(18)19-20-12-14-4-2-1-3-5-14/h1-9H,10,12H2,(H2,18,19). The molecule has 0 aromatic heterocycles. The van der Waals surface area contributed by atoms with Crippen LogP contribution in [0, 0.1) is 11.3 Å². The normalized spacial score (nSPS) is 10.8. The first-order chi connectivity index (χ1) is 9.79. The van der Waals surface area contributed by atoms with E-state index in [1.165, 1.54) is 0 Å². The summed E-state index contributed by atoms with van der Waals surface area (Å²) < 4.78 is 0. The Labute approximate surface area is 118 Å². The summed E-state index contributed by atoms with van der Waals surface area (Å²) >= 11 is 0. The lowest BCUT2D eigenvalue weighted by Crippen LogP contribution is -2.13. The molecule has 0 aliphatic heterocycles. The summed E-state index contributed by atoms with van der Waals surface area (Å²) in [5.74, 6) is 0.324. The molecule has 2 rings (SSSR count). The van der Waals surface area contributed by atoms with Gasteiger partial charge in [-0.2, -0.15) is 5.26 Å². The fourth-order valence-electron chi connectivity index (χ4n) is 1.69. The van der Waals surface area contributed by atoms with Gasteiger partial charge in [-0.15, -0.1) is 0 Å². The molecule has 0 spiro atoms. The van der Waals surface area contributed by atoms with Gasteiger partial charge >= 0.3 is 0 Å². The van der Waals surface area contributed by atoms with Crippen molar-refractivity contribution in [3.05, 3.63) is 71.3 Å². The minimum Gasteiger partial charge on any atom is -0.389 e. The Bertz CT molecular complexity index is 612. The second-order valence-corrected chi connectivity index (χ2v) is 4.27. The van der Waals surface area contributed by atoms with Crippen LogP contribution in [0.5, 0.6) is 0 Å². The Morgan fingerprint density at radius 3 is 2.40 bits per heavy atom. The van der Waals surface area contributed by atoms with Crippen LogP contribution in [0.1, 0.15) is 16.7 Å². The first-order valence-electron chi connectivity index (χ1n) is 6.25. The van der Waals surface area contributed by atoms with Crippen molar-refractivity contribution in [3.8, 4) is 6.07 Å². The van der Waals surface area contributed by atoms with Crippen LogP contribution in [0.25, 0.3) is 0 Å². The van der Waals surface area contributed by atoms with E-state index in [4.69, 9.17) is 15.8 Å². The average Bonchev–Trinajstić information content (AvgIpc) is 2.49. The molecular weight excluding hydrogens is 250 g/mol. The number of oxime groups is 1. The predicted octanol–water partition coefficient (Wildman–Crippen LogP) is 2.59. The Kier molecular flexibility index (Phi) is 4.74. The second-order valence-electron chi connectivity index (χ2n) is 4.27. The van der Waals surface area contributed by atoms with Crippen molar-refractivity contribution in [2.24, 2.45) is 10.9 Å². The molecule has 0 amide bonds. The van der Waals surface area contributed by atoms with Crippen LogP contribution in [0.4, 0.5) is 0 Å². The van der Waals surface area contributed by atoms with Crippen LogP contribution in [0.15, 0.2) is 59.8 Å². The summed E-state index contributed by atoms with van der Waals surface area (Å²) in [7, 11) is 0. The maximum absolute atomic E-state index is 8.60. The summed E-state index contributed by atoms with van der Waals surface area (Å²) in [5, 5.41) is 12.5. The summed E-state index contributed by atoms with van der Waals surface area (Å²) in [5.41, 5.74) is 8.61. The number of nitrogens with zero attached hydrogens (tertiary/aromatic N) is 2. The minimum atomic E-state index is 0.324. The summed E-state index contributed by atoms with van der Waals surface area (Å²) in [6, 6.07) is 19.2. The monoisotopic (exact) mass is 265 g/mol. The Balaban J connectivity index is 1.95. The minimum absolute atomic E-state index is 0.324. The molecule has 0 fully saturated rings. The quantitative estimate of drug-likeness (QED) is 0.513. The fourth-order valence-corrected chi connectivity index (χ4v) is 1.69. The Hall–Kier alpha value is -2.80. The number of benzene rings is 2. The third kappa shape index (κ3) is 3.85. The van der Waals surface area contributed by atoms with Gasteiger partial charge in [0.15, 0.2) is 5.84 Å². The first-order valence-corrected chi connectivity index (χ1v) is 6.25. The number of hydrogen-bond donors (Lipinski definition) is 1. The van der Waals surface area contributed by atoms with E-state index in [0.29, 0.717) is 18.9 Å². The molecular formula is C16H15N3O. The van der Waals surface area contributed by atoms with E-state index in [2.05, 4.69) is 11.2 Å². The summed E-state index contributed by atoms with van der Waals surface area (Å²) in [4.78, 5) is 5.22. The van der Waals surface area contributed by atoms with Gasteiger partial charge in [0.05, 0.1) is 12.5 Å². The molecule has 4 nitrogen and oxygen atoms in total. The zero-order valence-electron chi connectivity index (χ0n) is 11.0. The van der Waals surface area contributed by atoms with Gasteiger partial charge in [0.1, 0.15) is 6.61 Å². The van der Waals surface area contributed by atoms with Gasteiger partial charge in [-0.1, -0.05) is 59.8 Å². The molecule has 20 heavy (non-hydrogen) atoms. The van der Waals surface area contributed by atoms with Gasteiger partial charge in [0.2, 0.25) is 0 Å². The molecule has 0 radical (unpaired) electrons. The van der Waals surface area contributed by atoms with E-state index in [1.54, 1.807) is 0 Å². The highest BCUT2D eigenvalue weighted by atomic mass is 16.6. The summed E-state index contributed by atoms with van der Waals surface area (Å²) in [6.45, 7) is 0.383. The van der Waals surface area contributed by atoms with Gasteiger partial charge in [0, 0.05) is 5.56 Å². The van der Waals surface area contributed by atoms with Crippen molar-refractivity contribution in [3.63, 3.8) is 0 Å². The number of nitrogens with two attached hydrogens (primary N) is 1. The molecule has 0 atom stereocenters. The molecule has 0 aliphatic carbocycles. The van der Waals surface area contributed by atoms with Gasteiger partial charge in [0.25, 0.3) is 0 Å². The molecule has 2 N–H and O–H groups in total. The van der Waals surface area contributed by atoms with Crippen molar-refractivity contribution in [1.29, 1.82) is 5.26 Å². The Morgan fingerprint density at radius 1 is 1.05 bits per heavy atom. The second kappa shape index (κ2) is 6.95. The smallest absolute Gasteiger partial charge is 0.170 e. The van der Waals surface area contributed by atoms with Crippen molar-refractivity contribution in [2.75, 3.05) is 0 Å². The zero-order valence-corrected chi connectivity index (χ0v) is 11.0. The van der Waals surface area contributed by atoms with Gasteiger partial charge in [-0.25, -0.2) is 0 Å². The third-order valence-electron chi connectivity index (χ3n) is 2.77. The molecule has 2 aromatic carbocycles. The molecule has 2 aromatic rings. The molecule has 4 heteroatoms. The van der Waals surface area contributed by atoms with Crippen molar-refractivity contribution >= 4 is 5.84 Å². The average molecular weight is 265 g/mol. The maximum Gasteiger partial charge on any atom is 0.170 e. The Morgan fingerprint density at radius 2 is 1.75 bits per heavy atom. The molecule has 0 heterocycles. The van der Waals surface area contributed by atoms with Crippen molar-refractivity contribution in [1.82, 2.24) is 0 Å². The van der Waals surface area contributed by atoms with E-state index in [1.807, 2.05) is 54.6 Å². The van der Waals surface area contributed by atoms with Gasteiger partial charge < -0.3 is 10.6 Å². The number of amidine groups is 1. The van der Waals surface area contributed by atoms with Crippen LogP contribution < -0.4 is 5.73 Å². The van der Waals surface area contributed by atoms with Crippen molar-refractivity contribution < 1.29 is 4.84 Å². The molecule has 0 saturated heterocycles. The number of nitriles is 1. The maximum atomic E-state index is 8.60. The highest BCUT2D eigenvalue weighted by molar-refractivity contribution is 5.97. The number of hydrogen-bond acceptors (Lipinski definition) is 3. The third-order valence-corrected chi connectivity index (χ3v) is 2.77. The van der Waals surface area contributed by atoms with E-state index < -0.39 is 0 Å². The highest BCUT2D eigenvalue weighted by Crippen LogP contribution is 2.06. The van der Waals surface area contributed by atoms with E-state index in [0.717, 1.165) is 16.7 Å². The van der Waals surface area contributed by atoms with Crippen LogP contribution in [-0.2, 0) is 17.9 Å². The van der Waals surface area contributed by atoms with E-state index >= 15 is 0 Å². The summed E-state index contributed by atoms with van der Waals surface area (Å²) in [6.07, 6.45) is 0.391. The topological polar surface area (TPSA) is 71.4 Å². The van der Waals surface area contributed by atoms with Crippen LogP contribution >= 0.6 is 0 Å². The largest absolute Gasteiger partial charge is 0.389 e. The molecule has 100 valence electrons. The number of rotatable bonds is 5. The van der Waals surface area contributed by atoms with E-state index in [-0.39, 0.29) is 0 Å². The highest BCUT2D eigenvalue weighted by Gasteiger charge is 2.00. The van der Waals surface area contributed by atoms with Crippen LogP contribution in [0.2, 0.25) is 0 Å². The van der Waals surface area contributed by atoms with E-state index in [9.17, 15) is 0 Å². The van der Waals surface area contributed by atoms with Crippen LogP contribution in [-0.4, -0.2) is 5.84 Å². The van der Waals surface area contributed by atoms with Gasteiger partial charge in [-0.05, 0) is 11.1 Å². The first kappa shape index (κ1) is 13.6. The van der Waals surface area contributed by atoms with Gasteiger partial charge in [-0.3, -0.25) is 0 Å². The molecule has 0 saturated carbocycles. The van der Waals surface area contributed by atoms with Crippen LogP contribution in [0.3, 0.4) is 0 Å². The molecule has 0 bridgehead atoms. The fraction of sp³-hybridized carbons (Fsp3) is 0.125. The molecule has 0 aliphatic rings. The SMILES string of the molecule is N#CCc1ccc(C(N)=NOCc2ccccc2)cc1. The molecule has 0 unspecified atom stereocenters. The van der Waals surface area contributed by atoms with Crippen molar-refractivity contribution in [2.45, 2.75) is 13.0 Å². The lowest BCUT2D eigenvalue weighted by Gasteiger charge is -2.03. The lowest BCUT2D eigenvalue weighted by atomic mass is 10.1. The lowest BCUT2D eigenvalue weighted by molar-refractivity contribution is 0.130. The predicted molar refractivity (Wildman–Crippen MR) is 77.7 cm³/mol.